The second-order valence-electron chi connectivity index (χ2n) is 5.32. The van der Waals surface area contributed by atoms with Crippen molar-refractivity contribution in [2.24, 2.45) is 0 Å². The molecule has 0 unspecified atom stereocenters. The first-order valence-corrected chi connectivity index (χ1v) is 7.51. The molecule has 3 rings (SSSR count). The van der Waals surface area contributed by atoms with E-state index in [-0.39, 0.29) is 5.91 Å². The predicted octanol–water partition coefficient (Wildman–Crippen LogP) is 2.68. The Morgan fingerprint density at radius 2 is 1.83 bits per heavy atom. The zero-order valence-electron chi connectivity index (χ0n) is 12.9. The summed E-state index contributed by atoms with van der Waals surface area (Å²) in [5.74, 6) is -0.0634. The Morgan fingerprint density at radius 1 is 1.09 bits per heavy atom. The maximum absolute atomic E-state index is 12.0. The fourth-order valence-corrected chi connectivity index (χ4v) is 2.25. The molecule has 2 aromatic heterocycles. The lowest BCUT2D eigenvalue weighted by Gasteiger charge is -2.06. The lowest BCUT2D eigenvalue weighted by Crippen LogP contribution is -2.27. The molecule has 0 radical (unpaired) electrons. The van der Waals surface area contributed by atoms with E-state index in [1.807, 2.05) is 60.3 Å². The van der Waals surface area contributed by atoms with Crippen molar-refractivity contribution in [1.82, 2.24) is 20.1 Å². The van der Waals surface area contributed by atoms with Crippen molar-refractivity contribution in [3.63, 3.8) is 0 Å². The molecule has 3 aromatic rings. The number of aryl methyl sites for hydroxylation is 1. The lowest BCUT2D eigenvalue weighted by molar-refractivity contribution is 0.0952. The molecule has 0 atom stereocenters. The van der Waals surface area contributed by atoms with Gasteiger partial charge in [-0.1, -0.05) is 17.7 Å². The van der Waals surface area contributed by atoms with Crippen molar-refractivity contribution in [2.75, 3.05) is 6.54 Å². The van der Waals surface area contributed by atoms with E-state index in [9.17, 15) is 4.79 Å². The third-order valence-corrected chi connectivity index (χ3v) is 3.56. The van der Waals surface area contributed by atoms with Crippen LogP contribution in [0.3, 0.4) is 0 Å². The molecular formula is C18H18N4O. The quantitative estimate of drug-likeness (QED) is 0.788. The molecular weight excluding hydrogens is 288 g/mol. The summed E-state index contributed by atoms with van der Waals surface area (Å²) in [6.07, 6.45) is 5.40. The average molecular weight is 306 g/mol. The molecule has 0 spiro atoms. The highest BCUT2D eigenvalue weighted by Gasteiger charge is 2.05. The number of aromatic nitrogens is 3. The molecule has 0 saturated heterocycles. The van der Waals surface area contributed by atoms with Crippen LogP contribution in [0.15, 0.2) is 61.1 Å². The standard InChI is InChI=1S/C18H18N4O/c1-14-2-4-16(5-3-14)18(23)20-11-13-22-12-8-17(21-22)15-6-9-19-10-7-15/h2-10,12H,11,13H2,1H3,(H,20,23). The van der Waals surface area contributed by atoms with Crippen LogP contribution in [0.5, 0.6) is 0 Å². The van der Waals surface area contributed by atoms with Crippen molar-refractivity contribution in [1.29, 1.82) is 0 Å². The van der Waals surface area contributed by atoms with E-state index in [2.05, 4.69) is 15.4 Å². The maximum atomic E-state index is 12.0. The summed E-state index contributed by atoms with van der Waals surface area (Å²) >= 11 is 0. The maximum Gasteiger partial charge on any atom is 0.251 e. The van der Waals surface area contributed by atoms with Crippen molar-refractivity contribution in [3.05, 3.63) is 72.2 Å². The first-order chi connectivity index (χ1) is 11.2. The van der Waals surface area contributed by atoms with Gasteiger partial charge in [0.2, 0.25) is 0 Å². The molecule has 0 aliphatic carbocycles. The third-order valence-electron chi connectivity index (χ3n) is 3.56. The largest absolute Gasteiger partial charge is 0.350 e. The smallest absolute Gasteiger partial charge is 0.251 e. The second kappa shape index (κ2) is 6.87. The Morgan fingerprint density at radius 3 is 2.57 bits per heavy atom. The molecule has 1 aromatic carbocycles. The van der Waals surface area contributed by atoms with Gasteiger partial charge in [0.05, 0.1) is 12.2 Å². The Kier molecular flexibility index (Phi) is 4.47. The number of rotatable bonds is 5. The summed E-state index contributed by atoms with van der Waals surface area (Å²) in [7, 11) is 0. The Balaban J connectivity index is 1.54. The molecule has 0 aliphatic rings. The van der Waals surface area contributed by atoms with Gasteiger partial charge in [-0.3, -0.25) is 14.5 Å². The number of carbonyl (C=O) groups excluding carboxylic acids is 1. The summed E-state index contributed by atoms with van der Waals surface area (Å²) in [4.78, 5) is 16.0. The summed E-state index contributed by atoms with van der Waals surface area (Å²) in [5, 5.41) is 7.41. The van der Waals surface area contributed by atoms with Crippen molar-refractivity contribution >= 4 is 5.91 Å². The predicted molar refractivity (Wildman–Crippen MR) is 89.0 cm³/mol. The van der Waals surface area contributed by atoms with Gasteiger partial charge in [-0.25, -0.2) is 0 Å². The SMILES string of the molecule is Cc1ccc(C(=O)NCCn2ccc(-c3ccncc3)n2)cc1. The lowest BCUT2D eigenvalue weighted by atomic mass is 10.1. The number of carbonyl (C=O) groups is 1. The summed E-state index contributed by atoms with van der Waals surface area (Å²) < 4.78 is 1.82. The van der Waals surface area contributed by atoms with Crippen LogP contribution in [0, 0.1) is 6.92 Å². The summed E-state index contributed by atoms with van der Waals surface area (Å²) in [6.45, 7) is 3.16. The van der Waals surface area contributed by atoms with E-state index in [0.29, 0.717) is 18.7 Å². The van der Waals surface area contributed by atoms with Crippen LogP contribution in [-0.4, -0.2) is 27.2 Å². The van der Waals surface area contributed by atoms with Gasteiger partial charge in [0.1, 0.15) is 0 Å². The van der Waals surface area contributed by atoms with Crippen molar-refractivity contribution in [2.45, 2.75) is 13.5 Å². The van der Waals surface area contributed by atoms with E-state index in [4.69, 9.17) is 0 Å². The molecule has 5 heteroatoms. The van der Waals surface area contributed by atoms with Crippen LogP contribution in [0.25, 0.3) is 11.3 Å². The van der Waals surface area contributed by atoms with Gasteiger partial charge in [0, 0.05) is 36.3 Å². The van der Waals surface area contributed by atoms with Gasteiger partial charge >= 0.3 is 0 Å². The van der Waals surface area contributed by atoms with Crippen LogP contribution in [0.4, 0.5) is 0 Å². The Labute approximate surface area is 135 Å². The minimum atomic E-state index is -0.0634. The molecule has 116 valence electrons. The molecule has 0 bridgehead atoms. The van der Waals surface area contributed by atoms with E-state index >= 15 is 0 Å². The van der Waals surface area contributed by atoms with E-state index < -0.39 is 0 Å². The molecule has 0 fully saturated rings. The van der Waals surface area contributed by atoms with Crippen LogP contribution >= 0.6 is 0 Å². The molecule has 1 amide bonds. The number of benzene rings is 1. The molecule has 5 nitrogen and oxygen atoms in total. The van der Waals surface area contributed by atoms with Crippen molar-refractivity contribution in [3.8, 4) is 11.3 Å². The fraction of sp³-hybridized carbons (Fsp3) is 0.167. The third kappa shape index (κ3) is 3.83. The summed E-state index contributed by atoms with van der Waals surface area (Å²) in [5.41, 5.74) is 3.75. The molecule has 2 heterocycles. The Hall–Kier alpha value is -2.95. The summed E-state index contributed by atoms with van der Waals surface area (Å²) in [6, 6.07) is 13.3. The van der Waals surface area contributed by atoms with Gasteiger partial charge in [-0.05, 0) is 37.3 Å². The molecule has 23 heavy (non-hydrogen) atoms. The van der Waals surface area contributed by atoms with Gasteiger partial charge < -0.3 is 5.32 Å². The van der Waals surface area contributed by atoms with Gasteiger partial charge in [0.15, 0.2) is 0 Å². The van der Waals surface area contributed by atoms with Crippen LogP contribution in [-0.2, 0) is 6.54 Å². The van der Waals surface area contributed by atoms with Crippen LogP contribution < -0.4 is 5.32 Å². The van der Waals surface area contributed by atoms with E-state index in [0.717, 1.165) is 16.8 Å². The highest BCUT2D eigenvalue weighted by atomic mass is 16.1. The highest BCUT2D eigenvalue weighted by molar-refractivity contribution is 5.94. The number of nitrogens with one attached hydrogen (secondary N) is 1. The average Bonchev–Trinajstić information content (AvgIpc) is 3.05. The van der Waals surface area contributed by atoms with E-state index in [1.165, 1.54) is 0 Å². The van der Waals surface area contributed by atoms with Gasteiger partial charge in [0.25, 0.3) is 5.91 Å². The van der Waals surface area contributed by atoms with E-state index in [1.54, 1.807) is 12.4 Å². The van der Waals surface area contributed by atoms with Crippen molar-refractivity contribution < 1.29 is 4.79 Å². The van der Waals surface area contributed by atoms with Crippen LogP contribution in [0.2, 0.25) is 0 Å². The molecule has 0 saturated carbocycles. The fourth-order valence-electron chi connectivity index (χ4n) is 2.25. The number of amides is 1. The molecule has 0 aliphatic heterocycles. The number of nitrogens with zero attached hydrogens (tertiary/aromatic N) is 3. The monoisotopic (exact) mass is 306 g/mol. The first kappa shape index (κ1) is 15.0. The number of hydrogen-bond donors (Lipinski definition) is 1. The van der Waals surface area contributed by atoms with Crippen LogP contribution in [0.1, 0.15) is 15.9 Å². The van der Waals surface area contributed by atoms with Gasteiger partial charge in [-0.2, -0.15) is 5.10 Å². The zero-order chi connectivity index (χ0) is 16.1. The van der Waals surface area contributed by atoms with Gasteiger partial charge in [-0.15, -0.1) is 0 Å². The minimum Gasteiger partial charge on any atom is -0.350 e. The Bertz CT molecular complexity index is 778. The zero-order valence-corrected chi connectivity index (χ0v) is 12.9. The number of hydrogen-bond acceptors (Lipinski definition) is 3. The number of pyridine rings is 1. The minimum absolute atomic E-state index is 0.0634. The normalized spacial score (nSPS) is 10.5. The topological polar surface area (TPSA) is 59.8 Å². The highest BCUT2D eigenvalue weighted by Crippen LogP contribution is 2.14. The first-order valence-electron chi connectivity index (χ1n) is 7.51. The molecule has 1 N–H and O–H groups in total. The second-order valence-corrected chi connectivity index (χ2v) is 5.32.